The molecule has 0 bridgehead atoms. The molecular weight excluding hydrogens is 400 g/mol. The molecule has 0 aromatic rings. The van der Waals surface area contributed by atoms with Gasteiger partial charge < -0.3 is 15.2 Å². The van der Waals surface area contributed by atoms with Crippen molar-refractivity contribution >= 4 is 23.7 Å². The van der Waals surface area contributed by atoms with Crippen LogP contribution < -0.4 is 5.32 Å². The third-order valence-corrected chi connectivity index (χ3v) is 6.15. The van der Waals surface area contributed by atoms with Gasteiger partial charge in [0.1, 0.15) is 6.04 Å². The van der Waals surface area contributed by atoms with Crippen molar-refractivity contribution in [1.29, 1.82) is 0 Å². The van der Waals surface area contributed by atoms with Crippen molar-refractivity contribution in [1.82, 2.24) is 10.2 Å². The summed E-state index contributed by atoms with van der Waals surface area (Å²) in [5, 5.41) is 13.5. The van der Waals surface area contributed by atoms with Gasteiger partial charge in [-0.1, -0.05) is 51.9 Å². The third kappa shape index (κ3) is 7.30. The van der Waals surface area contributed by atoms with Crippen molar-refractivity contribution in [3.63, 3.8) is 0 Å². The zero-order valence-electron chi connectivity index (χ0n) is 19.1. The predicted octanol–water partition coefficient (Wildman–Crippen LogP) is 2.46. The predicted molar refractivity (Wildman–Crippen MR) is 115 cm³/mol. The first kappa shape index (κ1) is 25.3. The number of esters is 1. The molecule has 0 spiro atoms. The highest BCUT2D eigenvalue weighted by atomic mass is 16.6. The number of hydrogen-bond donors (Lipinski definition) is 2. The first-order valence-corrected chi connectivity index (χ1v) is 11.8. The van der Waals surface area contributed by atoms with E-state index in [0.717, 1.165) is 37.0 Å². The van der Waals surface area contributed by atoms with Gasteiger partial charge in [0.2, 0.25) is 17.7 Å². The van der Waals surface area contributed by atoms with E-state index in [-0.39, 0.29) is 30.8 Å². The minimum absolute atomic E-state index is 0.115. The zero-order valence-corrected chi connectivity index (χ0v) is 19.1. The van der Waals surface area contributed by atoms with E-state index < -0.39 is 30.1 Å². The second kappa shape index (κ2) is 12.2. The Balaban J connectivity index is 2.17. The minimum Gasteiger partial charge on any atom is -0.461 e. The lowest BCUT2D eigenvalue weighted by molar-refractivity contribution is -0.160. The Labute approximate surface area is 185 Å². The summed E-state index contributed by atoms with van der Waals surface area (Å²) in [5.41, 5.74) is 0. The maximum absolute atomic E-state index is 13.2. The molecule has 8 nitrogen and oxygen atoms in total. The maximum atomic E-state index is 13.2. The molecule has 0 aromatic heterocycles. The molecule has 0 radical (unpaired) electrons. The summed E-state index contributed by atoms with van der Waals surface area (Å²) in [5.74, 6) is -1.65. The fraction of sp³-hybridized carbons (Fsp3) is 0.826. The van der Waals surface area contributed by atoms with Crippen molar-refractivity contribution in [3.05, 3.63) is 0 Å². The number of aliphatic hydroxyl groups is 1. The Morgan fingerprint density at radius 3 is 2.29 bits per heavy atom. The van der Waals surface area contributed by atoms with Crippen LogP contribution in [0.15, 0.2) is 0 Å². The fourth-order valence-electron chi connectivity index (χ4n) is 4.51. The average Bonchev–Trinajstić information content (AvgIpc) is 3.06. The third-order valence-electron chi connectivity index (χ3n) is 6.15. The van der Waals surface area contributed by atoms with Crippen LogP contribution in [0.5, 0.6) is 0 Å². The summed E-state index contributed by atoms with van der Waals surface area (Å²) in [4.78, 5) is 51.2. The highest BCUT2D eigenvalue weighted by Gasteiger charge is 2.40. The molecule has 1 aliphatic heterocycles. The van der Waals surface area contributed by atoms with Crippen LogP contribution in [-0.2, 0) is 23.9 Å². The second-order valence-electron chi connectivity index (χ2n) is 9.10. The number of carbonyl (C=O) groups is 4. The van der Waals surface area contributed by atoms with E-state index in [9.17, 15) is 24.3 Å². The van der Waals surface area contributed by atoms with Crippen molar-refractivity contribution < 1.29 is 29.0 Å². The van der Waals surface area contributed by atoms with Crippen LogP contribution in [0.4, 0.5) is 0 Å². The number of ether oxygens (including phenoxy) is 1. The molecule has 0 aromatic carbocycles. The van der Waals surface area contributed by atoms with Crippen LogP contribution in [0.25, 0.3) is 0 Å². The molecule has 1 heterocycles. The lowest BCUT2D eigenvalue weighted by Crippen LogP contribution is -2.55. The van der Waals surface area contributed by atoms with Crippen LogP contribution in [0.1, 0.15) is 91.4 Å². The van der Waals surface area contributed by atoms with E-state index in [1.807, 2.05) is 6.92 Å². The summed E-state index contributed by atoms with van der Waals surface area (Å²) in [6.07, 6.45) is 6.00. The van der Waals surface area contributed by atoms with Gasteiger partial charge in [-0.3, -0.25) is 19.3 Å². The molecule has 3 atom stereocenters. The molecule has 1 saturated carbocycles. The molecule has 2 rings (SSSR count). The summed E-state index contributed by atoms with van der Waals surface area (Å²) in [6, 6.07) is -1.73. The molecule has 2 fully saturated rings. The van der Waals surface area contributed by atoms with Crippen molar-refractivity contribution in [2.75, 3.05) is 0 Å². The number of amides is 3. The van der Waals surface area contributed by atoms with E-state index >= 15 is 0 Å². The first-order chi connectivity index (χ1) is 14.7. The van der Waals surface area contributed by atoms with E-state index in [4.69, 9.17) is 4.74 Å². The van der Waals surface area contributed by atoms with Gasteiger partial charge in [0.25, 0.3) is 0 Å². The summed E-state index contributed by atoms with van der Waals surface area (Å²) in [6.45, 7) is 5.37. The number of rotatable bonds is 11. The molecule has 1 saturated heterocycles. The van der Waals surface area contributed by atoms with Crippen LogP contribution in [0, 0.1) is 5.92 Å². The van der Waals surface area contributed by atoms with E-state index in [1.165, 1.54) is 6.42 Å². The van der Waals surface area contributed by atoms with Crippen molar-refractivity contribution in [2.24, 2.45) is 5.92 Å². The van der Waals surface area contributed by atoms with Gasteiger partial charge in [0, 0.05) is 12.8 Å². The van der Waals surface area contributed by atoms with Crippen LogP contribution in [-0.4, -0.2) is 58.0 Å². The van der Waals surface area contributed by atoms with Crippen LogP contribution in [0.3, 0.4) is 0 Å². The molecule has 3 amide bonds. The fourth-order valence-corrected chi connectivity index (χ4v) is 4.51. The first-order valence-electron chi connectivity index (χ1n) is 11.8. The minimum atomic E-state index is -1.50. The largest absolute Gasteiger partial charge is 0.461 e. The number of nitrogens with one attached hydrogen (secondary N) is 1. The smallest absolute Gasteiger partial charge is 0.337 e. The second-order valence-corrected chi connectivity index (χ2v) is 9.10. The number of unbranched alkanes of at least 4 members (excludes halogenated alkanes) is 1. The van der Waals surface area contributed by atoms with Gasteiger partial charge in [-0.25, -0.2) is 4.79 Å². The van der Waals surface area contributed by atoms with E-state index in [0.29, 0.717) is 25.2 Å². The molecule has 31 heavy (non-hydrogen) atoms. The Kier molecular flexibility index (Phi) is 9.93. The van der Waals surface area contributed by atoms with Gasteiger partial charge in [-0.15, -0.1) is 0 Å². The van der Waals surface area contributed by atoms with Crippen molar-refractivity contribution in [2.45, 2.75) is 116 Å². The highest BCUT2D eigenvalue weighted by molar-refractivity contribution is 6.05. The summed E-state index contributed by atoms with van der Waals surface area (Å²) < 4.78 is 5.16. The lowest BCUT2D eigenvalue weighted by atomic mass is 9.83. The number of aliphatic hydroxyl groups excluding tert-OH is 1. The zero-order chi connectivity index (χ0) is 23.0. The average molecular weight is 439 g/mol. The van der Waals surface area contributed by atoms with Gasteiger partial charge in [0.05, 0.1) is 12.1 Å². The molecule has 0 unspecified atom stereocenters. The normalized spacial score (nSPS) is 20.6. The van der Waals surface area contributed by atoms with Crippen molar-refractivity contribution in [3.8, 4) is 0 Å². The van der Waals surface area contributed by atoms with Gasteiger partial charge in [-0.2, -0.15) is 0 Å². The summed E-state index contributed by atoms with van der Waals surface area (Å²) in [7, 11) is 0. The number of imide groups is 1. The topological polar surface area (TPSA) is 113 Å². The van der Waals surface area contributed by atoms with Gasteiger partial charge in [-0.05, 0) is 32.6 Å². The number of likely N-dealkylation sites (tertiary alicyclic amines) is 1. The molecule has 176 valence electrons. The Morgan fingerprint density at radius 1 is 1.13 bits per heavy atom. The molecular formula is C23H38N2O6. The molecule has 8 heteroatoms. The Bertz CT molecular complexity index is 628. The van der Waals surface area contributed by atoms with E-state index in [2.05, 4.69) is 5.32 Å². The van der Waals surface area contributed by atoms with Gasteiger partial charge in [0.15, 0.2) is 6.10 Å². The summed E-state index contributed by atoms with van der Waals surface area (Å²) >= 11 is 0. The monoisotopic (exact) mass is 438 g/mol. The number of carbonyl (C=O) groups excluding carboxylic acids is 4. The SMILES string of the molecule is CCCC[C@@H](C(=O)N[C@@H](CC1CCCCC1)[C@@H](O)C(=O)OC(C)C)N1C(=O)CCC1=O. The maximum Gasteiger partial charge on any atom is 0.337 e. The quantitative estimate of drug-likeness (QED) is 0.378. The number of hydrogen-bond acceptors (Lipinski definition) is 6. The van der Waals surface area contributed by atoms with Gasteiger partial charge >= 0.3 is 5.97 Å². The van der Waals surface area contributed by atoms with E-state index in [1.54, 1.807) is 13.8 Å². The molecule has 1 aliphatic carbocycles. The Hall–Kier alpha value is -1.96. The number of nitrogens with zero attached hydrogens (tertiary/aromatic N) is 1. The molecule has 2 aliphatic rings. The van der Waals surface area contributed by atoms with Crippen LogP contribution in [0.2, 0.25) is 0 Å². The standard InChI is InChI=1S/C23H38N2O6/c1-4-5-11-18(25-19(26)12-13-20(25)27)22(29)24-17(14-16-9-7-6-8-10-16)21(28)23(30)31-15(2)3/h15-18,21,28H,4-14H2,1-3H3,(H,24,29)/t17-,18-,21+/m0/s1. The molecule has 2 N–H and O–H groups in total. The van der Waals surface area contributed by atoms with Crippen LogP contribution >= 0.6 is 0 Å². The lowest BCUT2D eigenvalue weighted by Gasteiger charge is -2.32. The Morgan fingerprint density at radius 2 is 1.74 bits per heavy atom. The highest BCUT2D eigenvalue weighted by Crippen LogP contribution is 2.28.